The van der Waals surface area contributed by atoms with Crippen LogP contribution in [0, 0.1) is 11.8 Å². The van der Waals surface area contributed by atoms with Crippen molar-refractivity contribution in [2.75, 3.05) is 13.2 Å². The van der Waals surface area contributed by atoms with Gasteiger partial charge in [0.2, 0.25) is 5.91 Å². The molecule has 4 nitrogen and oxygen atoms in total. The summed E-state index contributed by atoms with van der Waals surface area (Å²) in [5.74, 6) is 0.290. The Morgan fingerprint density at radius 2 is 2.29 bits per heavy atom. The number of rotatable bonds is 4. The SMILES string of the molecule is CCC(C)(NC(=O)C1CCOCC1C)C(N)=S. The van der Waals surface area contributed by atoms with Crippen molar-refractivity contribution in [3.8, 4) is 0 Å². The first-order valence-corrected chi connectivity index (χ1v) is 6.51. The molecule has 98 valence electrons. The lowest BCUT2D eigenvalue weighted by atomic mass is 9.87. The molecule has 0 radical (unpaired) electrons. The summed E-state index contributed by atoms with van der Waals surface area (Å²) in [6, 6.07) is 0. The van der Waals surface area contributed by atoms with Crippen molar-refractivity contribution >= 4 is 23.1 Å². The molecular weight excluding hydrogens is 236 g/mol. The van der Waals surface area contributed by atoms with Crippen LogP contribution in [0.4, 0.5) is 0 Å². The standard InChI is InChI=1S/C12H22N2O2S/c1-4-12(3,11(13)17)14-10(15)9-5-6-16-7-8(9)2/h8-9H,4-7H2,1-3H3,(H2,13,17)(H,14,15). The first-order valence-electron chi connectivity index (χ1n) is 6.10. The van der Waals surface area contributed by atoms with E-state index in [1.807, 2.05) is 20.8 Å². The van der Waals surface area contributed by atoms with Gasteiger partial charge < -0.3 is 15.8 Å². The van der Waals surface area contributed by atoms with E-state index >= 15 is 0 Å². The molecule has 0 aromatic carbocycles. The first kappa shape index (κ1) is 14.4. The number of nitrogens with two attached hydrogens (primary N) is 1. The van der Waals surface area contributed by atoms with Gasteiger partial charge in [-0.1, -0.05) is 26.1 Å². The molecule has 1 fully saturated rings. The van der Waals surface area contributed by atoms with Crippen molar-refractivity contribution in [1.82, 2.24) is 5.32 Å². The molecule has 0 saturated carbocycles. The Balaban J connectivity index is 2.67. The van der Waals surface area contributed by atoms with Gasteiger partial charge in [0.15, 0.2) is 0 Å². The maximum atomic E-state index is 12.2. The minimum atomic E-state index is -0.579. The van der Waals surface area contributed by atoms with E-state index in [1.165, 1.54) is 0 Å². The van der Waals surface area contributed by atoms with E-state index in [2.05, 4.69) is 5.32 Å². The summed E-state index contributed by atoms with van der Waals surface area (Å²) in [5, 5.41) is 2.98. The van der Waals surface area contributed by atoms with Gasteiger partial charge in [-0.25, -0.2) is 0 Å². The molecule has 3 unspecified atom stereocenters. The minimum Gasteiger partial charge on any atom is -0.391 e. The molecule has 0 bridgehead atoms. The highest BCUT2D eigenvalue weighted by Crippen LogP contribution is 2.23. The van der Waals surface area contributed by atoms with Gasteiger partial charge in [-0.15, -0.1) is 0 Å². The van der Waals surface area contributed by atoms with Gasteiger partial charge in [0.1, 0.15) is 0 Å². The number of hydrogen-bond acceptors (Lipinski definition) is 3. The summed E-state index contributed by atoms with van der Waals surface area (Å²) in [7, 11) is 0. The molecule has 3 atom stereocenters. The summed E-state index contributed by atoms with van der Waals surface area (Å²) in [6.45, 7) is 7.17. The fourth-order valence-corrected chi connectivity index (χ4v) is 2.15. The van der Waals surface area contributed by atoms with Gasteiger partial charge in [-0.3, -0.25) is 4.79 Å². The van der Waals surface area contributed by atoms with Gasteiger partial charge in [0.05, 0.1) is 10.5 Å². The Labute approximate surface area is 108 Å². The number of hydrogen-bond donors (Lipinski definition) is 2. The van der Waals surface area contributed by atoms with Crippen LogP contribution in [0.1, 0.15) is 33.6 Å². The van der Waals surface area contributed by atoms with Crippen LogP contribution < -0.4 is 11.1 Å². The summed E-state index contributed by atoms with van der Waals surface area (Å²) >= 11 is 5.02. The zero-order valence-corrected chi connectivity index (χ0v) is 11.6. The second-order valence-corrected chi connectivity index (χ2v) is 5.43. The minimum absolute atomic E-state index is 0.00368. The number of carbonyl (C=O) groups is 1. The average Bonchev–Trinajstić information content (AvgIpc) is 2.29. The quantitative estimate of drug-likeness (QED) is 0.744. The molecule has 1 rings (SSSR count). The Bertz CT molecular complexity index is 309. The number of amides is 1. The normalized spacial score (nSPS) is 28.2. The molecule has 0 spiro atoms. The second-order valence-electron chi connectivity index (χ2n) is 4.99. The van der Waals surface area contributed by atoms with Crippen LogP contribution in [-0.2, 0) is 9.53 Å². The highest BCUT2D eigenvalue weighted by atomic mass is 32.1. The highest BCUT2D eigenvalue weighted by Gasteiger charge is 2.34. The van der Waals surface area contributed by atoms with Gasteiger partial charge >= 0.3 is 0 Å². The van der Waals surface area contributed by atoms with Crippen molar-refractivity contribution < 1.29 is 9.53 Å². The summed E-state index contributed by atoms with van der Waals surface area (Å²) in [6.07, 6.45) is 1.47. The lowest BCUT2D eigenvalue weighted by Gasteiger charge is -2.33. The molecule has 1 amide bonds. The fourth-order valence-electron chi connectivity index (χ4n) is 1.96. The van der Waals surface area contributed by atoms with E-state index in [9.17, 15) is 4.79 Å². The predicted octanol–water partition coefficient (Wildman–Crippen LogP) is 1.23. The summed E-state index contributed by atoms with van der Waals surface area (Å²) < 4.78 is 5.34. The van der Waals surface area contributed by atoms with Crippen LogP contribution in [0.25, 0.3) is 0 Å². The Kier molecular flexibility index (Phi) is 4.89. The summed E-state index contributed by atoms with van der Waals surface area (Å²) in [5.41, 5.74) is 5.11. The Morgan fingerprint density at radius 3 is 2.76 bits per heavy atom. The third kappa shape index (κ3) is 3.39. The number of thiocarbonyl (C=S) groups is 1. The molecule has 5 heteroatoms. The topological polar surface area (TPSA) is 64.3 Å². The molecule has 0 aromatic heterocycles. The van der Waals surface area contributed by atoms with E-state index in [0.29, 0.717) is 24.6 Å². The monoisotopic (exact) mass is 258 g/mol. The second kappa shape index (κ2) is 5.78. The van der Waals surface area contributed by atoms with E-state index in [0.717, 1.165) is 6.42 Å². The number of ether oxygens (including phenoxy) is 1. The maximum Gasteiger partial charge on any atom is 0.224 e. The lowest BCUT2D eigenvalue weighted by Crippen LogP contribution is -2.56. The lowest BCUT2D eigenvalue weighted by molar-refractivity contribution is -0.131. The van der Waals surface area contributed by atoms with Crippen molar-refractivity contribution in [2.45, 2.75) is 39.2 Å². The van der Waals surface area contributed by atoms with Crippen LogP contribution in [-0.4, -0.2) is 29.6 Å². The average molecular weight is 258 g/mol. The molecule has 0 aliphatic carbocycles. The third-order valence-corrected chi connectivity index (χ3v) is 4.08. The van der Waals surface area contributed by atoms with Gasteiger partial charge in [0, 0.05) is 19.1 Å². The zero-order chi connectivity index (χ0) is 13.1. The van der Waals surface area contributed by atoms with Gasteiger partial charge in [-0.2, -0.15) is 0 Å². The largest absolute Gasteiger partial charge is 0.391 e. The molecule has 1 saturated heterocycles. The van der Waals surface area contributed by atoms with Crippen LogP contribution in [0.15, 0.2) is 0 Å². The smallest absolute Gasteiger partial charge is 0.224 e. The maximum absolute atomic E-state index is 12.2. The van der Waals surface area contributed by atoms with Crippen molar-refractivity contribution in [1.29, 1.82) is 0 Å². The molecule has 17 heavy (non-hydrogen) atoms. The number of carbonyl (C=O) groups excluding carboxylic acids is 1. The zero-order valence-electron chi connectivity index (χ0n) is 10.8. The van der Waals surface area contributed by atoms with Crippen molar-refractivity contribution in [2.24, 2.45) is 17.6 Å². The predicted molar refractivity (Wildman–Crippen MR) is 71.7 cm³/mol. The van der Waals surface area contributed by atoms with Crippen LogP contribution in [0.3, 0.4) is 0 Å². The molecule has 1 heterocycles. The fraction of sp³-hybridized carbons (Fsp3) is 0.833. The van der Waals surface area contributed by atoms with Crippen LogP contribution >= 0.6 is 12.2 Å². The van der Waals surface area contributed by atoms with Crippen LogP contribution in [0.2, 0.25) is 0 Å². The number of nitrogens with one attached hydrogen (secondary N) is 1. The molecule has 0 aromatic rings. The third-order valence-electron chi connectivity index (χ3n) is 3.63. The van der Waals surface area contributed by atoms with E-state index in [-0.39, 0.29) is 17.7 Å². The first-order chi connectivity index (χ1) is 7.90. The molecule has 3 N–H and O–H groups in total. The van der Waals surface area contributed by atoms with E-state index in [4.69, 9.17) is 22.7 Å². The highest BCUT2D eigenvalue weighted by molar-refractivity contribution is 7.80. The van der Waals surface area contributed by atoms with Crippen molar-refractivity contribution in [3.05, 3.63) is 0 Å². The van der Waals surface area contributed by atoms with Crippen LogP contribution in [0.5, 0.6) is 0 Å². The van der Waals surface area contributed by atoms with Crippen molar-refractivity contribution in [3.63, 3.8) is 0 Å². The summed E-state index contributed by atoms with van der Waals surface area (Å²) in [4.78, 5) is 12.5. The molecular formula is C12H22N2O2S. The molecule has 1 aliphatic heterocycles. The Hall–Kier alpha value is -0.680. The molecule has 1 aliphatic rings. The van der Waals surface area contributed by atoms with Gasteiger partial charge in [0.25, 0.3) is 0 Å². The van der Waals surface area contributed by atoms with Gasteiger partial charge in [-0.05, 0) is 25.7 Å². The van der Waals surface area contributed by atoms with E-state index in [1.54, 1.807) is 0 Å². The van der Waals surface area contributed by atoms with E-state index < -0.39 is 5.54 Å². The Morgan fingerprint density at radius 1 is 1.65 bits per heavy atom.